The molecule has 5 aromatic rings. The molecule has 8 nitrogen and oxygen atoms in total. The van der Waals surface area contributed by atoms with Gasteiger partial charge in [-0.1, -0.05) is 23.8 Å². The molecule has 1 fully saturated rings. The number of morpholine rings is 1. The molecule has 0 radical (unpaired) electrons. The zero-order chi connectivity index (χ0) is 29.1. The Morgan fingerprint density at radius 2 is 1.76 bits per heavy atom. The molecular formula is C30H25FIN3O5S2. The SMILES string of the molecule is Cc1ccc(S(=O)(=O)n2cc(-c3ccc4c(c3)OC(F)(I)O4)c3cc(-c4ccc(CN5CCOCC5)s4)cnc32)cc1. The summed E-state index contributed by atoms with van der Waals surface area (Å²) in [6.07, 6.45) is 3.28. The third-order valence-electron chi connectivity index (χ3n) is 7.33. The van der Waals surface area contributed by atoms with Crippen molar-refractivity contribution in [2.75, 3.05) is 26.3 Å². The third-order valence-corrected chi connectivity index (χ3v) is 10.6. The topological polar surface area (TPSA) is 82.9 Å². The Kier molecular flexibility index (Phi) is 7.01. The fourth-order valence-corrected chi connectivity index (χ4v) is 8.00. The normalized spacial score (nSPS) is 19.0. The summed E-state index contributed by atoms with van der Waals surface area (Å²) in [6.45, 7) is 6.06. The Bertz CT molecular complexity index is 1920. The van der Waals surface area contributed by atoms with Gasteiger partial charge in [0.1, 0.15) is 0 Å². The molecule has 0 bridgehead atoms. The average Bonchev–Trinajstić information content (AvgIpc) is 3.67. The molecule has 0 aliphatic carbocycles. The molecule has 3 aromatic heterocycles. The minimum atomic E-state index is -3.97. The van der Waals surface area contributed by atoms with Crippen LogP contribution in [0.1, 0.15) is 10.4 Å². The predicted molar refractivity (Wildman–Crippen MR) is 167 cm³/mol. The van der Waals surface area contributed by atoms with Crippen molar-refractivity contribution in [2.24, 2.45) is 0 Å². The van der Waals surface area contributed by atoms with Crippen LogP contribution in [0, 0.1) is 6.92 Å². The molecule has 7 rings (SSSR count). The Hall–Kier alpha value is -3.04. The zero-order valence-electron chi connectivity index (χ0n) is 22.4. The molecule has 2 aromatic carbocycles. The fraction of sp³-hybridized carbons (Fsp3) is 0.233. The number of ether oxygens (including phenoxy) is 3. The first-order valence-corrected chi connectivity index (χ1v) is 16.6. The number of halogens is 2. The van der Waals surface area contributed by atoms with Gasteiger partial charge in [-0.2, -0.15) is 0 Å². The van der Waals surface area contributed by atoms with Crippen LogP contribution in [0.25, 0.3) is 32.6 Å². The Labute approximate surface area is 259 Å². The first-order valence-electron chi connectivity index (χ1n) is 13.3. The van der Waals surface area contributed by atoms with Crippen molar-refractivity contribution in [2.45, 2.75) is 22.4 Å². The summed E-state index contributed by atoms with van der Waals surface area (Å²) in [6, 6.07) is 17.9. The summed E-state index contributed by atoms with van der Waals surface area (Å²) in [4.78, 5) is 9.48. The largest absolute Gasteiger partial charge is 0.462 e. The lowest BCUT2D eigenvalue weighted by Gasteiger charge is -2.25. The molecule has 5 heterocycles. The highest BCUT2D eigenvalue weighted by Gasteiger charge is 2.39. The molecule has 1 saturated heterocycles. The van der Waals surface area contributed by atoms with E-state index in [0.29, 0.717) is 22.2 Å². The monoisotopic (exact) mass is 717 g/mol. The maximum Gasteiger partial charge on any atom is 0.462 e. The number of rotatable bonds is 6. The number of pyridine rings is 1. The molecule has 42 heavy (non-hydrogen) atoms. The minimum Gasteiger partial charge on any atom is -0.415 e. The van der Waals surface area contributed by atoms with Crippen LogP contribution in [-0.2, 0) is 21.3 Å². The lowest BCUT2D eigenvalue weighted by Crippen LogP contribution is -2.35. The maximum atomic E-state index is 14.4. The lowest BCUT2D eigenvalue weighted by atomic mass is 10.0. The van der Waals surface area contributed by atoms with Gasteiger partial charge in [0, 0.05) is 58.3 Å². The molecule has 2 aliphatic rings. The van der Waals surface area contributed by atoms with Gasteiger partial charge in [-0.05, 0) is 55.0 Å². The van der Waals surface area contributed by atoms with Crippen molar-refractivity contribution in [3.05, 3.63) is 83.5 Å². The molecule has 0 spiro atoms. The van der Waals surface area contributed by atoms with E-state index in [2.05, 4.69) is 22.0 Å². The number of aromatic nitrogens is 2. The Morgan fingerprint density at radius 1 is 1.00 bits per heavy atom. The number of hydrogen-bond donors (Lipinski definition) is 0. The molecule has 216 valence electrons. The van der Waals surface area contributed by atoms with Crippen LogP contribution in [-0.4, -0.2) is 52.6 Å². The van der Waals surface area contributed by atoms with Crippen molar-refractivity contribution in [1.29, 1.82) is 0 Å². The highest BCUT2D eigenvalue weighted by molar-refractivity contribution is 14.1. The van der Waals surface area contributed by atoms with Gasteiger partial charge in [0.2, 0.25) is 0 Å². The van der Waals surface area contributed by atoms with E-state index >= 15 is 0 Å². The number of alkyl halides is 2. The number of hydrogen-bond acceptors (Lipinski definition) is 8. The van der Waals surface area contributed by atoms with E-state index in [9.17, 15) is 12.8 Å². The lowest BCUT2D eigenvalue weighted by molar-refractivity contribution is -0.0844. The molecule has 0 N–H and O–H groups in total. The average molecular weight is 718 g/mol. The summed E-state index contributed by atoms with van der Waals surface area (Å²) in [5.41, 5.74) is 3.40. The van der Waals surface area contributed by atoms with Crippen LogP contribution in [0.15, 0.2) is 78.0 Å². The zero-order valence-corrected chi connectivity index (χ0v) is 26.2. The fourth-order valence-electron chi connectivity index (χ4n) is 5.17. The van der Waals surface area contributed by atoms with E-state index in [1.54, 1.807) is 66.2 Å². The molecule has 0 saturated carbocycles. The van der Waals surface area contributed by atoms with E-state index in [1.165, 1.54) is 31.4 Å². The number of benzene rings is 2. The third kappa shape index (κ3) is 5.19. The van der Waals surface area contributed by atoms with Gasteiger partial charge >= 0.3 is 4.05 Å². The van der Waals surface area contributed by atoms with Crippen molar-refractivity contribution in [3.63, 3.8) is 0 Å². The molecule has 0 amide bonds. The summed E-state index contributed by atoms with van der Waals surface area (Å²) in [7, 11) is -3.97. The maximum absolute atomic E-state index is 14.4. The number of fused-ring (bicyclic) bond motifs is 2. The van der Waals surface area contributed by atoms with Crippen LogP contribution in [0.3, 0.4) is 0 Å². The summed E-state index contributed by atoms with van der Waals surface area (Å²) in [5.74, 6) is 0.513. The molecule has 2 aliphatic heterocycles. The second-order valence-corrected chi connectivity index (χ2v) is 14.5. The van der Waals surface area contributed by atoms with E-state index < -0.39 is 14.1 Å². The van der Waals surface area contributed by atoms with Crippen molar-refractivity contribution in [1.82, 2.24) is 13.9 Å². The van der Waals surface area contributed by atoms with Crippen LogP contribution in [0.4, 0.5) is 4.39 Å². The van der Waals surface area contributed by atoms with Gasteiger partial charge in [0.15, 0.2) is 17.1 Å². The first kappa shape index (κ1) is 27.8. The van der Waals surface area contributed by atoms with Gasteiger partial charge in [-0.15, -0.1) is 15.7 Å². The predicted octanol–water partition coefficient (Wildman–Crippen LogP) is 6.60. The summed E-state index contributed by atoms with van der Waals surface area (Å²) >= 11 is 3.13. The minimum absolute atomic E-state index is 0.159. The van der Waals surface area contributed by atoms with Crippen molar-refractivity contribution < 1.29 is 27.0 Å². The van der Waals surface area contributed by atoms with Gasteiger partial charge in [0.05, 0.1) is 40.7 Å². The molecule has 1 unspecified atom stereocenters. The summed E-state index contributed by atoms with van der Waals surface area (Å²) < 4.78 is 57.0. The Morgan fingerprint density at radius 3 is 2.55 bits per heavy atom. The van der Waals surface area contributed by atoms with Crippen LogP contribution in [0.2, 0.25) is 0 Å². The van der Waals surface area contributed by atoms with Crippen LogP contribution in [0.5, 0.6) is 11.5 Å². The van der Waals surface area contributed by atoms with Crippen molar-refractivity contribution >= 4 is 55.0 Å². The molecule has 1 atom stereocenters. The highest BCUT2D eigenvalue weighted by atomic mass is 127. The standard InChI is InChI=1S/C30H25FIN3O5S2/c1-19-2-6-23(7-3-19)42(36,37)35-18-25(20-4-8-26-27(15-20)40-30(31,32)39-26)24-14-21(16-33-29(24)35)28-9-5-22(41-28)17-34-10-12-38-13-11-34/h2-9,14-16,18H,10-13,17H2,1H3. The van der Waals surface area contributed by atoms with Gasteiger partial charge < -0.3 is 14.2 Å². The second kappa shape index (κ2) is 10.6. The van der Waals surface area contributed by atoms with Crippen LogP contribution >= 0.6 is 33.9 Å². The summed E-state index contributed by atoms with van der Waals surface area (Å²) in [5, 5.41) is 0.645. The number of nitrogens with zero attached hydrogens (tertiary/aromatic N) is 3. The Balaban J connectivity index is 1.33. The van der Waals surface area contributed by atoms with Gasteiger partial charge in [-0.25, -0.2) is 17.4 Å². The molecular weight excluding hydrogens is 692 g/mol. The number of thiophene rings is 1. The smallest absolute Gasteiger partial charge is 0.415 e. The highest BCUT2D eigenvalue weighted by Crippen LogP contribution is 2.46. The quantitative estimate of drug-likeness (QED) is 0.145. The number of aryl methyl sites for hydroxylation is 1. The van der Waals surface area contributed by atoms with E-state index in [4.69, 9.17) is 14.2 Å². The van der Waals surface area contributed by atoms with Gasteiger partial charge in [0.25, 0.3) is 10.0 Å². The van der Waals surface area contributed by atoms with Crippen molar-refractivity contribution in [3.8, 4) is 33.1 Å². The van der Waals surface area contributed by atoms with Gasteiger partial charge in [-0.3, -0.25) is 4.90 Å². The van der Waals surface area contributed by atoms with Crippen LogP contribution < -0.4 is 9.47 Å². The van der Waals surface area contributed by atoms with E-state index in [1.807, 2.05) is 13.0 Å². The molecule has 12 heteroatoms. The van der Waals surface area contributed by atoms with E-state index in [0.717, 1.165) is 48.9 Å². The second-order valence-electron chi connectivity index (χ2n) is 10.2. The van der Waals surface area contributed by atoms with E-state index in [-0.39, 0.29) is 16.4 Å². The first-order chi connectivity index (χ1) is 20.2.